The highest BCUT2D eigenvalue weighted by Gasteiger charge is 2.28. The van der Waals surface area contributed by atoms with Gasteiger partial charge in [-0.15, -0.1) is 0 Å². The van der Waals surface area contributed by atoms with Crippen LogP contribution in [0.3, 0.4) is 0 Å². The lowest BCUT2D eigenvalue weighted by molar-refractivity contribution is -0.122. The van der Waals surface area contributed by atoms with Crippen LogP contribution in [-0.4, -0.2) is 31.7 Å². The predicted molar refractivity (Wildman–Crippen MR) is 41.0 cm³/mol. The summed E-state index contributed by atoms with van der Waals surface area (Å²) in [6.07, 6.45) is 1.93. The molecule has 2 unspecified atom stereocenters. The van der Waals surface area contributed by atoms with E-state index in [0.717, 1.165) is 19.4 Å². The van der Waals surface area contributed by atoms with E-state index in [-0.39, 0.29) is 18.1 Å². The summed E-state index contributed by atoms with van der Waals surface area (Å²) in [5, 5.41) is 2.84. The second-order valence-electron chi connectivity index (χ2n) is 2.72. The van der Waals surface area contributed by atoms with E-state index in [1.54, 1.807) is 7.05 Å². The molecule has 0 bridgehead atoms. The average Bonchev–Trinajstić information content (AvgIpc) is 2.40. The molecule has 1 saturated heterocycles. The van der Waals surface area contributed by atoms with Crippen LogP contribution in [-0.2, 0) is 9.53 Å². The van der Waals surface area contributed by atoms with Gasteiger partial charge in [-0.1, -0.05) is 0 Å². The molecule has 3 N–H and O–H groups in total. The fourth-order valence-corrected chi connectivity index (χ4v) is 1.38. The summed E-state index contributed by atoms with van der Waals surface area (Å²) in [4.78, 5) is 10.8. The van der Waals surface area contributed by atoms with Crippen molar-refractivity contribution in [3.8, 4) is 0 Å². The van der Waals surface area contributed by atoms with Gasteiger partial charge in [0.1, 0.15) is 6.04 Å². The minimum Gasteiger partial charge on any atom is -0.376 e. The quantitative estimate of drug-likeness (QED) is 0.567. The Morgan fingerprint density at radius 3 is 2.91 bits per heavy atom. The van der Waals surface area contributed by atoms with Crippen molar-refractivity contribution in [2.24, 2.45) is 5.73 Å². The molecule has 1 fully saturated rings. The van der Waals surface area contributed by atoms with E-state index < -0.39 is 0 Å². The summed E-state index contributed by atoms with van der Waals surface area (Å²) < 4.78 is 5.30. The fourth-order valence-electron chi connectivity index (χ4n) is 1.38. The molecule has 0 saturated carbocycles. The Balaban J connectivity index is 2.46. The second-order valence-corrected chi connectivity index (χ2v) is 2.72. The monoisotopic (exact) mass is 158 g/mol. The van der Waals surface area contributed by atoms with Crippen molar-refractivity contribution in [3.05, 3.63) is 0 Å². The number of nitrogens with one attached hydrogen (secondary N) is 1. The molecule has 4 heteroatoms. The number of carbonyl (C=O) groups excluding carboxylic acids is 1. The lowest BCUT2D eigenvalue weighted by Gasteiger charge is -2.18. The molecule has 4 nitrogen and oxygen atoms in total. The van der Waals surface area contributed by atoms with E-state index in [1.807, 2.05) is 0 Å². The predicted octanol–water partition coefficient (Wildman–Crippen LogP) is -0.761. The third-order valence-corrected chi connectivity index (χ3v) is 1.95. The number of carbonyl (C=O) groups is 1. The van der Waals surface area contributed by atoms with Gasteiger partial charge in [-0.3, -0.25) is 4.79 Å². The fraction of sp³-hybridized carbons (Fsp3) is 0.857. The summed E-state index contributed by atoms with van der Waals surface area (Å²) in [6.45, 7) is 0.746. The van der Waals surface area contributed by atoms with Crippen LogP contribution in [0.4, 0.5) is 0 Å². The summed E-state index contributed by atoms with van der Waals surface area (Å²) in [6, 6.07) is -0.322. The molecule has 11 heavy (non-hydrogen) atoms. The van der Waals surface area contributed by atoms with Gasteiger partial charge in [0.2, 0.25) is 5.91 Å². The molecule has 0 spiro atoms. The first-order valence-corrected chi connectivity index (χ1v) is 3.84. The van der Waals surface area contributed by atoms with Gasteiger partial charge in [-0.05, 0) is 19.9 Å². The SMILES string of the molecule is CNC(C(N)=O)C1CCCO1. The number of likely N-dealkylation sites (N-methyl/N-ethyl adjacent to an activating group) is 1. The summed E-state index contributed by atoms with van der Waals surface area (Å²) in [5.41, 5.74) is 5.15. The molecule has 1 aliphatic heterocycles. The Morgan fingerprint density at radius 1 is 1.82 bits per heavy atom. The Kier molecular flexibility index (Phi) is 2.84. The molecule has 1 heterocycles. The molecule has 64 valence electrons. The standard InChI is InChI=1S/C7H14N2O2/c1-9-6(7(8)10)5-3-2-4-11-5/h5-6,9H,2-4H2,1H3,(H2,8,10). The lowest BCUT2D eigenvalue weighted by Crippen LogP contribution is -2.47. The second kappa shape index (κ2) is 3.69. The van der Waals surface area contributed by atoms with Crippen LogP contribution in [0.1, 0.15) is 12.8 Å². The number of rotatable bonds is 3. The third kappa shape index (κ3) is 1.91. The number of primary amides is 1. The van der Waals surface area contributed by atoms with Crippen molar-refractivity contribution in [1.82, 2.24) is 5.32 Å². The number of hydrogen-bond acceptors (Lipinski definition) is 3. The van der Waals surface area contributed by atoms with Gasteiger partial charge in [-0.2, -0.15) is 0 Å². The minimum atomic E-state index is -0.334. The van der Waals surface area contributed by atoms with Gasteiger partial charge in [0.15, 0.2) is 0 Å². The molecule has 1 rings (SSSR count). The maximum absolute atomic E-state index is 10.8. The molecule has 0 aliphatic carbocycles. The van der Waals surface area contributed by atoms with Crippen molar-refractivity contribution < 1.29 is 9.53 Å². The molecule has 1 amide bonds. The lowest BCUT2D eigenvalue weighted by atomic mass is 10.1. The smallest absolute Gasteiger partial charge is 0.237 e. The Hall–Kier alpha value is -0.610. The molecule has 0 aromatic rings. The van der Waals surface area contributed by atoms with Gasteiger partial charge in [0, 0.05) is 6.61 Å². The Labute approximate surface area is 66.1 Å². The molecular weight excluding hydrogens is 144 g/mol. The van der Waals surface area contributed by atoms with E-state index >= 15 is 0 Å². The minimum absolute atomic E-state index is 0.0162. The zero-order valence-corrected chi connectivity index (χ0v) is 6.67. The average molecular weight is 158 g/mol. The van der Waals surface area contributed by atoms with Crippen LogP contribution < -0.4 is 11.1 Å². The van der Waals surface area contributed by atoms with E-state index in [9.17, 15) is 4.79 Å². The number of ether oxygens (including phenoxy) is 1. The van der Waals surface area contributed by atoms with Crippen LogP contribution in [0.2, 0.25) is 0 Å². The first-order valence-electron chi connectivity index (χ1n) is 3.84. The van der Waals surface area contributed by atoms with E-state index in [0.29, 0.717) is 0 Å². The maximum Gasteiger partial charge on any atom is 0.237 e. The summed E-state index contributed by atoms with van der Waals surface area (Å²) >= 11 is 0. The zero-order valence-electron chi connectivity index (χ0n) is 6.67. The number of amides is 1. The van der Waals surface area contributed by atoms with Gasteiger partial charge >= 0.3 is 0 Å². The van der Waals surface area contributed by atoms with Crippen LogP contribution in [0.15, 0.2) is 0 Å². The van der Waals surface area contributed by atoms with Crippen molar-refractivity contribution in [2.75, 3.05) is 13.7 Å². The summed E-state index contributed by atoms with van der Waals surface area (Å²) in [7, 11) is 1.72. The normalized spacial score (nSPS) is 26.8. The van der Waals surface area contributed by atoms with Gasteiger partial charge in [0.05, 0.1) is 6.10 Å². The first-order chi connectivity index (χ1) is 5.25. The Bertz CT molecular complexity index is 143. The van der Waals surface area contributed by atoms with Gasteiger partial charge < -0.3 is 15.8 Å². The van der Waals surface area contributed by atoms with Crippen molar-refractivity contribution >= 4 is 5.91 Å². The van der Waals surface area contributed by atoms with Crippen molar-refractivity contribution in [3.63, 3.8) is 0 Å². The van der Waals surface area contributed by atoms with Gasteiger partial charge in [-0.25, -0.2) is 0 Å². The largest absolute Gasteiger partial charge is 0.376 e. The molecule has 0 aromatic carbocycles. The first kappa shape index (κ1) is 8.49. The molecule has 0 aromatic heterocycles. The highest BCUT2D eigenvalue weighted by molar-refractivity contribution is 5.80. The highest BCUT2D eigenvalue weighted by Crippen LogP contribution is 2.14. The van der Waals surface area contributed by atoms with E-state index in [1.165, 1.54) is 0 Å². The van der Waals surface area contributed by atoms with Crippen LogP contribution in [0, 0.1) is 0 Å². The molecule has 0 radical (unpaired) electrons. The number of nitrogens with two attached hydrogens (primary N) is 1. The van der Waals surface area contributed by atoms with E-state index in [4.69, 9.17) is 10.5 Å². The summed E-state index contributed by atoms with van der Waals surface area (Å²) in [5.74, 6) is -0.334. The molecule has 1 aliphatic rings. The van der Waals surface area contributed by atoms with Gasteiger partial charge in [0.25, 0.3) is 0 Å². The van der Waals surface area contributed by atoms with Crippen LogP contribution in [0.5, 0.6) is 0 Å². The maximum atomic E-state index is 10.8. The van der Waals surface area contributed by atoms with Crippen LogP contribution in [0.25, 0.3) is 0 Å². The topological polar surface area (TPSA) is 64.3 Å². The van der Waals surface area contributed by atoms with Crippen molar-refractivity contribution in [1.29, 1.82) is 0 Å². The molecule has 2 atom stereocenters. The van der Waals surface area contributed by atoms with E-state index in [2.05, 4.69) is 5.32 Å². The number of hydrogen-bond donors (Lipinski definition) is 2. The Morgan fingerprint density at radius 2 is 2.55 bits per heavy atom. The van der Waals surface area contributed by atoms with Crippen molar-refractivity contribution in [2.45, 2.75) is 25.0 Å². The third-order valence-electron chi connectivity index (χ3n) is 1.95. The highest BCUT2D eigenvalue weighted by atomic mass is 16.5. The molecular formula is C7H14N2O2. The van der Waals surface area contributed by atoms with Crippen LogP contribution >= 0.6 is 0 Å². The zero-order chi connectivity index (χ0) is 8.27.